The second kappa shape index (κ2) is 6.00. The minimum Gasteiger partial charge on any atom is -0.508 e. The van der Waals surface area contributed by atoms with Crippen molar-refractivity contribution in [2.75, 3.05) is 0 Å². The molecule has 2 aromatic rings. The highest BCUT2D eigenvalue weighted by molar-refractivity contribution is 7.86. The highest BCUT2D eigenvalue weighted by atomic mass is 32.2. The molecule has 0 saturated heterocycles. The molecule has 7 heteroatoms. The van der Waals surface area contributed by atoms with Gasteiger partial charge in [-0.25, -0.2) is 0 Å². The van der Waals surface area contributed by atoms with E-state index in [-0.39, 0.29) is 11.5 Å². The maximum atomic E-state index is 11.9. The molecule has 0 spiro atoms. The molecule has 0 unspecified atom stereocenters. The molecular weight excluding hydrogens is 308 g/mol. The number of hydrogen-bond donors (Lipinski definition) is 3. The summed E-state index contributed by atoms with van der Waals surface area (Å²) >= 11 is 0. The van der Waals surface area contributed by atoms with E-state index in [0.717, 1.165) is 12.1 Å². The van der Waals surface area contributed by atoms with Crippen molar-refractivity contribution >= 4 is 22.0 Å². The van der Waals surface area contributed by atoms with Gasteiger partial charge < -0.3 is 10.2 Å². The largest absolute Gasteiger partial charge is 0.508 e. The fourth-order valence-electron chi connectivity index (χ4n) is 1.73. The average molecular weight is 320 g/mol. The molecular formula is C15H12O6S. The Morgan fingerprint density at radius 2 is 1.64 bits per heavy atom. The zero-order valence-corrected chi connectivity index (χ0v) is 12.0. The number of ketones is 1. The summed E-state index contributed by atoms with van der Waals surface area (Å²) in [5, 5.41) is 18.5. The number of aromatic hydroxyl groups is 2. The van der Waals surface area contributed by atoms with Gasteiger partial charge in [-0.15, -0.1) is 0 Å². The van der Waals surface area contributed by atoms with E-state index in [9.17, 15) is 18.3 Å². The molecule has 0 aliphatic rings. The van der Waals surface area contributed by atoms with Gasteiger partial charge in [-0.1, -0.05) is 12.1 Å². The number of benzene rings is 2. The molecule has 2 rings (SSSR count). The number of phenols is 2. The second-order valence-corrected chi connectivity index (χ2v) is 5.84. The van der Waals surface area contributed by atoms with Gasteiger partial charge in [0, 0.05) is 5.56 Å². The summed E-state index contributed by atoms with van der Waals surface area (Å²) < 4.78 is 31.1. The van der Waals surface area contributed by atoms with Crippen molar-refractivity contribution in [3.05, 3.63) is 59.7 Å². The van der Waals surface area contributed by atoms with Crippen molar-refractivity contribution in [1.29, 1.82) is 0 Å². The van der Waals surface area contributed by atoms with E-state index in [1.54, 1.807) is 0 Å². The Labute approximate surface area is 126 Å². The van der Waals surface area contributed by atoms with E-state index in [4.69, 9.17) is 9.66 Å². The number of carbonyl (C=O) groups is 1. The van der Waals surface area contributed by atoms with Gasteiger partial charge in [0.1, 0.15) is 16.4 Å². The van der Waals surface area contributed by atoms with Crippen molar-refractivity contribution in [3.63, 3.8) is 0 Å². The Hall–Kier alpha value is -2.64. The molecule has 0 aromatic heterocycles. The molecule has 0 amide bonds. The van der Waals surface area contributed by atoms with Gasteiger partial charge in [-0.2, -0.15) is 8.42 Å². The van der Waals surface area contributed by atoms with E-state index in [0.29, 0.717) is 11.1 Å². The number of allylic oxidation sites excluding steroid dienone is 1. The predicted molar refractivity (Wildman–Crippen MR) is 79.4 cm³/mol. The van der Waals surface area contributed by atoms with Crippen LogP contribution in [-0.2, 0) is 10.1 Å². The SMILES string of the molecule is O=C(/C=C/c1ccc(O)c(S(=O)(=O)O)c1)c1ccc(O)cc1. The van der Waals surface area contributed by atoms with E-state index in [1.165, 1.54) is 42.5 Å². The van der Waals surface area contributed by atoms with Gasteiger partial charge in [0.15, 0.2) is 5.78 Å². The minimum atomic E-state index is -4.55. The Kier molecular flexibility index (Phi) is 4.30. The molecule has 2 aromatic carbocycles. The van der Waals surface area contributed by atoms with Gasteiger partial charge in [0.25, 0.3) is 10.1 Å². The zero-order chi connectivity index (χ0) is 16.3. The molecule has 0 aliphatic carbocycles. The maximum absolute atomic E-state index is 11.9. The third-order valence-electron chi connectivity index (χ3n) is 2.84. The fourth-order valence-corrected chi connectivity index (χ4v) is 2.35. The van der Waals surface area contributed by atoms with Crippen molar-refractivity contribution in [2.45, 2.75) is 4.90 Å². The van der Waals surface area contributed by atoms with Crippen molar-refractivity contribution in [2.24, 2.45) is 0 Å². The van der Waals surface area contributed by atoms with E-state index in [2.05, 4.69) is 0 Å². The number of phenolic OH excluding ortho intramolecular Hbond substituents is 2. The van der Waals surface area contributed by atoms with Crippen LogP contribution in [0.5, 0.6) is 11.5 Å². The molecule has 0 aliphatic heterocycles. The Morgan fingerprint density at radius 1 is 1.00 bits per heavy atom. The topological polar surface area (TPSA) is 112 Å². The van der Waals surface area contributed by atoms with Crippen LogP contribution in [0.4, 0.5) is 0 Å². The lowest BCUT2D eigenvalue weighted by Gasteiger charge is -2.02. The van der Waals surface area contributed by atoms with Gasteiger partial charge in [-0.05, 0) is 48.0 Å². The molecule has 0 radical (unpaired) electrons. The summed E-state index contributed by atoms with van der Waals surface area (Å²) in [6.45, 7) is 0. The third-order valence-corrected chi connectivity index (χ3v) is 3.72. The average Bonchev–Trinajstić information content (AvgIpc) is 2.45. The summed E-state index contributed by atoms with van der Waals surface area (Å²) in [4.78, 5) is 11.3. The van der Waals surface area contributed by atoms with Crippen LogP contribution in [-0.4, -0.2) is 29.0 Å². The molecule has 0 saturated carbocycles. The summed E-state index contributed by atoms with van der Waals surface area (Å²) in [6.07, 6.45) is 2.57. The smallest absolute Gasteiger partial charge is 0.298 e. The maximum Gasteiger partial charge on any atom is 0.298 e. The first-order chi connectivity index (χ1) is 10.3. The summed E-state index contributed by atoms with van der Waals surface area (Å²) in [7, 11) is -4.55. The molecule has 0 fully saturated rings. The molecule has 22 heavy (non-hydrogen) atoms. The van der Waals surface area contributed by atoms with Gasteiger partial charge in [0.2, 0.25) is 0 Å². The molecule has 0 bridgehead atoms. The van der Waals surface area contributed by atoms with Crippen LogP contribution in [0.25, 0.3) is 6.08 Å². The van der Waals surface area contributed by atoms with E-state index in [1.807, 2.05) is 0 Å². The fraction of sp³-hybridized carbons (Fsp3) is 0. The highest BCUT2D eigenvalue weighted by Gasteiger charge is 2.15. The molecule has 0 atom stereocenters. The Balaban J connectivity index is 2.27. The van der Waals surface area contributed by atoms with Crippen molar-refractivity contribution in [1.82, 2.24) is 0 Å². The first kappa shape index (κ1) is 15.7. The quantitative estimate of drug-likeness (QED) is 0.452. The minimum absolute atomic E-state index is 0.0388. The Morgan fingerprint density at radius 3 is 2.23 bits per heavy atom. The lowest BCUT2D eigenvalue weighted by Crippen LogP contribution is -1.99. The lowest BCUT2D eigenvalue weighted by atomic mass is 10.1. The molecule has 6 nitrogen and oxygen atoms in total. The van der Waals surface area contributed by atoms with E-state index >= 15 is 0 Å². The first-order valence-electron chi connectivity index (χ1n) is 6.09. The summed E-state index contributed by atoms with van der Waals surface area (Å²) in [5.74, 6) is -0.886. The number of rotatable bonds is 4. The summed E-state index contributed by atoms with van der Waals surface area (Å²) in [6, 6.07) is 9.19. The normalized spacial score (nSPS) is 11.7. The van der Waals surface area contributed by atoms with Crippen molar-refractivity contribution < 1.29 is 28.0 Å². The highest BCUT2D eigenvalue weighted by Crippen LogP contribution is 2.24. The number of carbonyl (C=O) groups excluding carboxylic acids is 1. The third kappa shape index (κ3) is 3.72. The van der Waals surface area contributed by atoms with Crippen LogP contribution in [0.3, 0.4) is 0 Å². The van der Waals surface area contributed by atoms with Gasteiger partial charge in [-0.3, -0.25) is 9.35 Å². The van der Waals surface area contributed by atoms with Crippen molar-refractivity contribution in [3.8, 4) is 11.5 Å². The van der Waals surface area contributed by atoms with Crippen LogP contribution in [0.2, 0.25) is 0 Å². The molecule has 3 N–H and O–H groups in total. The zero-order valence-electron chi connectivity index (χ0n) is 11.2. The van der Waals surface area contributed by atoms with Crippen LogP contribution in [0.15, 0.2) is 53.4 Å². The molecule has 0 heterocycles. The first-order valence-corrected chi connectivity index (χ1v) is 7.53. The Bertz CT molecular complexity index is 835. The standard InChI is InChI=1S/C15H12O6S/c16-12-5-3-11(4-6-12)13(17)7-1-10-2-8-14(18)15(9-10)22(19,20)21/h1-9,16,18H,(H,19,20,21)/b7-1+. The van der Waals surface area contributed by atoms with Gasteiger partial charge in [0.05, 0.1) is 0 Å². The molecule has 114 valence electrons. The second-order valence-electron chi connectivity index (χ2n) is 4.45. The number of hydrogen-bond acceptors (Lipinski definition) is 5. The van der Waals surface area contributed by atoms with Crippen LogP contribution in [0, 0.1) is 0 Å². The summed E-state index contributed by atoms with van der Waals surface area (Å²) in [5.41, 5.74) is 0.667. The van der Waals surface area contributed by atoms with Crippen LogP contribution >= 0.6 is 0 Å². The van der Waals surface area contributed by atoms with Gasteiger partial charge >= 0.3 is 0 Å². The lowest BCUT2D eigenvalue weighted by molar-refractivity contribution is 0.104. The monoisotopic (exact) mass is 320 g/mol. The predicted octanol–water partition coefficient (Wildman–Crippen LogP) is 2.24. The van der Waals surface area contributed by atoms with Crippen LogP contribution in [0.1, 0.15) is 15.9 Å². The van der Waals surface area contributed by atoms with E-state index < -0.39 is 20.8 Å². The van der Waals surface area contributed by atoms with Crippen LogP contribution < -0.4 is 0 Å².